The number of hydrogen-bond acceptors (Lipinski definition) is 4. The molecule has 4 nitrogen and oxygen atoms in total. The predicted molar refractivity (Wildman–Crippen MR) is 76.5 cm³/mol. The Hall–Kier alpha value is -1.84. The van der Waals surface area contributed by atoms with E-state index in [1.165, 1.54) is 0 Å². The van der Waals surface area contributed by atoms with Crippen LogP contribution in [0.5, 0.6) is 0 Å². The maximum Gasteiger partial charge on any atom is 0.227 e. The maximum atomic E-state index is 5.75. The third kappa shape index (κ3) is 3.34. The van der Waals surface area contributed by atoms with Gasteiger partial charge in [0.2, 0.25) is 11.7 Å². The molecule has 1 aromatic carbocycles. The number of nitrogens with two attached hydrogens (primary N) is 1. The smallest absolute Gasteiger partial charge is 0.227 e. The molecule has 0 amide bonds. The third-order valence-electron chi connectivity index (χ3n) is 3.57. The number of anilines is 1. The van der Waals surface area contributed by atoms with Crippen LogP contribution in [0.1, 0.15) is 33.6 Å². The lowest BCUT2D eigenvalue weighted by molar-refractivity contribution is 0.236. The van der Waals surface area contributed by atoms with Gasteiger partial charge in [-0.05, 0) is 23.5 Å². The number of hydrogen-bond donors (Lipinski definition) is 1. The molecule has 0 aliphatic rings. The summed E-state index contributed by atoms with van der Waals surface area (Å²) in [6.07, 6.45) is 0.790. The Kier molecular flexibility index (Phi) is 3.60. The molecule has 1 atom stereocenters. The van der Waals surface area contributed by atoms with E-state index in [4.69, 9.17) is 10.3 Å². The number of rotatable bonds is 3. The summed E-state index contributed by atoms with van der Waals surface area (Å²) in [7, 11) is 0. The van der Waals surface area contributed by atoms with Gasteiger partial charge in [-0.15, -0.1) is 0 Å². The highest BCUT2D eigenvalue weighted by Gasteiger charge is 2.22. The van der Waals surface area contributed by atoms with Gasteiger partial charge in [0, 0.05) is 17.7 Å². The molecule has 4 heteroatoms. The first-order valence-electron chi connectivity index (χ1n) is 6.55. The summed E-state index contributed by atoms with van der Waals surface area (Å²) in [6.45, 7) is 8.84. The van der Waals surface area contributed by atoms with E-state index in [1.54, 1.807) is 0 Å². The highest BCUT2D eigenvalue weighted by Crippen LogP contribution is 2.28. The van der Waals surface area contributed by atoms with E-state index in [-0.39, 0.29) is 5.41 Å². The van der Waals surface area contributed by atoms with Crippen molar-refractivity contribution in [2.45, 2.75) is 34.1 Å². The summed E-state index contributed by atoms with van der Waals surface area (Å²) in [4.78, 5) is 4.44. The molecule has 0 spiro atoms. The van der Waals surface area contributed by atoms with E-state index in [1.807, 2.05) is 24.3 Å². The molecule has 19 heavy (non-hydrogen) atoms. The Morgan fingerprint density at radius 2 is 2.05 bits per heavy atom. The summed E-state index contributed by atoms with van der Waals surface area (Å²) in [5, 5.41) is 4.02. The minimum atomic E-state index is 0.228. The van der Waals surface area contributed by atoms with E-state index in [0.717, 1.165) is 12.0 Å². The molecular weight excluding hydrogens is 238 g/mol. The molecule has 2 rings (SSSR count). The van der Waals surface area contributed by atoms with Crippen molar-refractivity contribution >= 4 is 5.69 Å². The summed E-state index contributed by atoms with van der Waals surface area (Å²) >= 11 is 0. The summed E-state index contributed by atoms with van der Waals surface area (Å²) in [6, 6.07) is 7.50. The second-order valence-electron chi connectivity index (χ2n) is 6.11. The van der Waals surface area contributed by atoms with Crippen LogP contribution < -0.4 is 5.73 Å². The summed E-state index contributed by atoms with van der Waals surface area (Å²) in [5.74, 6) is 1.75. The molecule has 0 bridgehead atoms. The van der Waals surface area contributed by atoms with Crippen molar-refractivity contribution in [1.82, 2.24) is 10.1 Å². The van der Waals surface area contributed by atoms with Crippen LogP contribution in [-0.4, -0.2) is 10.1 Å². The monoisotopic (exact) mass is 259 g/mol. The van der Waals surface area contributed by atoms with E-state index in [0.29, 0.717) is 23.3 Å². The van der Waals surface area contributed by atoms with Gasteiger partial charge in [0.05, 0.1) is 0 Å². The molecule has 1 heterocycles. The number of nitrogens with zero attached hydrogens (tertiary/aromatic N) is 2. The normalized spacial score (nSPS) is 13.5. The SMILES string of the molecule is CC(Cc1nc(-c2cccc(N)c2)no1)C(C)(C)C. The molecule has 0 saturated carbocycles. The van der Waals surface area contributed by atoms with Gasteiger partial charge in [0.15, 0.2) is 0 Å². The van der Waals surface area contributed by atoms with Crippen molar-refractivity contribution in [3.63, 3.8) is 0 Å². The van der Waals surface area contributed by atoms with Crippen molar-refractivity contribution in [3.05, 3.63) is 30.2 Å². The van der Waals surface area contributed by atoms with Crippen LogP contribution in [0.15, 0.2) is 28.8 Å². The minimum absolute atomic E-state index is 0.228. The molecule has 0 fully saturated rings. The van der Waals surface area contributed by atoms with Crippen LogP contribution in [0.25, 0.3) is 11.4 Å². The molecule has 1 aromatic heterocycles. The highest BCUT2D eigenvalue weighted by atomic mass is 16.5. The zero-order valence-corrected chi connectivity index (χ0v) is 12.0. The fourth-order valence-corrected chi connectivity index (χ4v) is 1.70. The zero-order chi connectivity index (χ0) is 14.0. The van der Waals surface area contributed by atoms with Crippen LogP contribution in [0, 0.1) is 11.3 Å². The first-order valence-corrected chi connectivity index (χ1v) is 6.55. The maximum absolute atomic E-state index is 5.75. The average Bonchev–Trinajstić information content (AvgIpc) is 2.76. The second kappa shape index (κ2) is 5.03. The van der Waals surface area contributed by atoms with Crippen LogP contribution in [0.3, 0.4) is 0 Å². The largest absolute Gasteiger partial charge is 0.399 e. The van der Waals surface area contributed by atoms with E-state index >= 15 is 0 Å². The van der Waals surface area contributed by atoms with Gasteiger partial charge in [0.25, 0.3) is 0 Å². The fourth-order valence-electron chi connectivity index (χ4n) is 1.70. The lowest BCUT2D eigenvalue weighted by Crippen LogP contribution is -2.19. The summed E-state index contributed by atoms with van der Waals surface area (Å²) in [5.41, 5.74) is 7.57. The first kappa shape index (κ1) is 13.6. The topological polar surface area (TPSA) is 64.9 Å². The number of aromatic nitrogens is 2. The van der Waals surface area contributed by atoms with Crippen LogP contribution >= 0.6 is 0 Å². The Balaban J connectivity index is 2.16. The number of benzene rings is 1. The van der Waals surface area contributed by atoms with Gasteiger partial charge in [0.1, 0.15) is 0 Å². The lowest BCUT2D eigenvalue weighted by atomic mass is 9.80. The lowest BCUT2D eigenvalue weighted by Gasteiger charge is -2.25. The van der Waals surface area contributed by atoms with Crippen LogP contribution in [-0.2, 0) is 6.42 Å². The fraction of sp³-hybridized carbons (Fsp3) is 0.467. The van der Waals surface area contributed by atoms with Gasteiger partial charge in [-0.1, -0.05) is 45.0 Å². The van der Waals surface area contributed by atoms with Crippen molar-refractivity contribution in [3.8, 4) is 11.4 Å². The molecular formula is C15H21N3O. The Labute approximate surface area is 114 Å². The Bertz CT molecular complexity index is 555. The molecule has 102 valence electrons. The molecule has 2 N–H and O–H groups in total. The van der Waals surface area contributed by atoms with Crippen LogP contribution in [0.4, 0.5) is 5.69 Å². The average molecular weight is 259 g/mol. The molecule has 1 unspecified atom stereocenters. The standard InChI is InChI=1S/C15H21N3O/c1-10(15(2,3)4)8-13-17-14(18-19-13)11-6-5-7-12(16)9-11/h5-7,9-10H,8,16H2,1-4H3. The predicted octanol–water partition coefficient (Wildman–Crippen LogP) is 3.54. The van der Waals surface area contributed by atoms with Gasteiger partial charge >= 0.3 is 0 Å². The van der Waals surface area contributed by atoms with E-state index < -0.39 is 0 Å². The Morgan fingerprint density at radius 1 is 1.32 bits per heavy atom. The van der Waals surface area contributed by atoms with Crippen molar-refractivity contribution in [2.75, 3.05) is 5.73 Å². The molecule has 0 aliphatic heterocycles. The minimum Gasteiger partial charge on any atom is -0.399 e. The first-order chi connectivity index (χ1) is 8.86. The number of nitrogen functional groups attached to an aromatic ring is 1. The Morgan fingerprint density at radius 3 is 2.68 bits per heavy atom. The van der Waals surface area contributed by atoms with E-state index in [2.05, 4.69) is 37.8 Å². The van der Waals surface area contributed by atoms with Crippen LogP contribution in [0.2, 0.25) is 0 Å². The third-order valence-corrected chi connectivity index (χ3v) is 3.57. The van der Waals surface area contributed by atoms with Gasteiger partial charge in [-0.2, -0.15) is 4.98 Å². The highest BCUT2D eigenvalue weighted by molar-refractivity contribution is 5.60. The van der Waals surface area contributed by atoms with Gasteiger partial charge in [-0.25, -0.2) is 0 Å². The molecule has 2 aromatic rings. The van der Waals surface area contributed by atoms with E-state index in [9.17, 15) is 0 Å². The zero-order valence-electron chi connectivity index (χ0n) is 12.0. The van der Waals surface area contributed by atoms with Crippen molar-refractivity contribution in [2.24, 2.45) is 11.3 Å². The van der Waals surface area contributed by atoms with Gasteiger partial charge in [-0.3, -0.25) is 0 Å². The molecule has 0 radical (unpaired) electrons. The quantitative estimate of drug-likeness (QED) is 0.856. The van der Waals surface area contributed by atoms with Crippen molar-refractivity contribution < 1.29 is 4.52 Å². The molecule has 0 aliphatic carbocycles. The molecule has 0 saturated heterocycles. The summed E-state index contributed by atoms with van der Waals surface area (Å²) < 4.78 is 5.32. The van der Waals surface area contributed by atoms with Gasteiger partial charge < -0.3 is 10.3 Å². The van der Waals surface area contributed by atoms with Crippen molar-refractivity contribution in [1.29, 1.82) is 0 Å². The second-order valence-corrected chi connectivity index (χ2v) is 6.11.